The fraction of sp³-hybridized carbons (Fsp3) is 0.280. The number of hydrogen-bond acceptors (Lipinski definition) is 6. The highest BCUT2D eigenvalue weighted by atomic mass is 32.2. The average Bonchev–Trinajstić information content (AvgIpc) is 3.09. The van der Waals surface area contributed by atoms with Crippen molar-refractivity contribution in [2.45, 2.75) is 30.8 Å². The first-order chi connectivity index (χ1) is 16.0. The Morgan fingerprint density at radius 3 is 2.21 bits per heavy atom. The molecule has 0 aromatic heterocycles. The first kappa shape index (κ1) is 22.8. The number of methoxy groups -OCH3 is 1. The summed E-state index contributed by atoms with van der Waals surface area (Å²) in [5.74, 6) is -1.49. The van der Waals surface area contributed by atoms with E-state index in [9.17, 15) is 19.2 Å². The number of esters is 1. The molecule has 0 saturated carbocycles. The van der Waals surface area contributed by atoms with E-state index in [2.05, 4.69) is 0 Å². The molecule has 2 heterocycles. The van der Waals surface area contributed by atoms with Crippen LogP contribution in [0.15, 0.2) is 60.7 Å². The fourth-order valence-electron chi connectivity index (χ4n) is 4.16. The number of hydrogen-bond donors (Lipinski definition) is 0. The van der Waals surface area contributed by atoms with E-state index in [1.807, 2.05) is 49.4 Å². The number of amides is 3. The molecule has 2 aromatic carbocycles. The zero-order valence-corrected chi connectivity index (χ0v) is 19.2. The van der Waals surface area contributed by atoms with Gasteiger partial charge in [0.05, 0.1) is 35.4 Å². The van der Waals surface area contributed by atoms with Crippen LogP contribution in [0.25, 0.3) is 6.08 Å². The molecule has 0 radical (unpaired) electrons. The molecule has 8 heteroatoms. The summed E-state index contributed by atoms with van der Waals surface area (Å²) in [5, 5.41) is -0.298. The molecule has 1 saturated heterocycles. The monoisotopic (exact) mass is 464 g/mol. The van der Waals surface area contributed by atoms with Gasteiger partial charge < -0.3 is 9.64 Å². The van der Waals surface area contributed by atoms with E-state index in [4.69, 9.17) is 4.74 Å². The van der Waals surface area contributed by atoms with E-state index >= 15 is 0 Å². The Labute approximate surface area is 196 Å². The number of likely N-dealkylation sites (tertiary alicyclic amines) is 1. The van der Waals surface area contributed by atoms with Crippen molar-refractivity contribution in [3.05, 3.63) is 77.4 Å². The number of ether oxygens (including phenoxy) is 1. The third kappa shape index (κ3) is 4.18. The van der Waals surface area contributed by atoms with Crippen LogP contribution in [-0.2, 0) is 14.3 Å². The van der Waals surface area contributed by atoms with Gasteiger partial charge in [0, 0.05) is 0 Å². The molecule has 4 rings (SSSR count). The van der Waals surface area contributed by atoms with Crippen LogP contribution in [-0.4, -0.2) is 63.8 Å². The van der Waals surface area contributed by atoms with E-state index in [-0.39, 0.29) is 23.0 Å². The predicted octanol–water partition coefficient (Wildman–Crippen LogP) is 3.22. The highest BCUT2D eigenvalue weighted by Crippen LogP contribution is 2.38. The lowest BCUT2D eigenvalue weighted by Crippen LogP contribution is -2.72. The van der Waals surface area contributed by atoms with E-state index in [0.717, 1.165) is 10.5 Å². The molecule has 170 valence electrons. The van der Waals surface area contributed by atoms with Gasteiger partial charge in [0.25, 0.3) is 11.8 Å². The van der Waals surface area contributed by atoms with Crippen molar-refractivity contribution in [2.24, 2.45) is 0 Å². The molecule has 3 atom stereocenters. The van der Waals surface area contributed by atoms with Crippen LogP contribution in [0.4, 0.5) is 0 Å². The lowest BCUT2D eigenvalue weighted by molar-refractivity contribution is -0.153. The lowest BCUT2D eigenvalue weighted by Gasteiger charge is -2.51. The second kappa shape index (κ2) is 9.62. The number of carbonyl (C=O) groups excluding carboxylic acids is 4. The van der Waals surface area contributed by atoms with Crippen LogP contribution in [0.5, 0.6) is 0 Å². The zero-order chi connectivity index (χ0) is 23.5. The Hall–Kier alpha value is -3.39. The first-order valence-corrected chi connectivity index (χ1v) is 11.7. The second-order valence-corrected chi connectivity index (χ2v) is 8.89. The number of β-lactam (4-membered cyclic amide) rings is 1. The minimum absolute atomic E-state index is 0.103. The van der Waals surface area contributed by atoms with E-state index in [1.165, 1.54) is 18.9 Å². The van der Waals surface area contributed by atoms with Gasteiger partial charge >= 0.3 is 5.97 Å². The molecular formula is C25H24N2O5S. The summed E-state index contributed by atoms with van der Waals surface area (Å²) in [6.07, 6.45) is 4.33. The molecule has 0 spiro atoms. The van der Waals surface area contributed by atoms with Crippen molar-refractivity contribution in [3.8, 4) is 0 Å². The van der Waals surface area contributed by atoms with Crippen LogP contribution in [0.2, 0.25) is 0 Å². The average molecular weight is 465 g/mol. The van der Waals surface area contributed by atoms with Gasteiger partial charge in [0.15, 0.2) is 0 Å². The Kier molecular flexibility index (Phi) is 6.65. The number of imide groups is 1. The molecule has 0 unspecified atom stereocenters. The van der Waals surface area contributed by atoms with Crippen molar-refractivity contribution >= 4 is 41.5 Å². The van der Waals surface area contributed by atoms with Crippen LogP contribution >= 0.6 is 11.8 Å². The number of fused-ring (bicyclic) bond motifs is 1. The number of carbonyl (C=O) groups is 4. The van der Waals surface area contributed by atoms with E-state index in [0.29, 0.717) is 17.5 Å². The molecule has 2 aliphatic heterocycles. The summed E-state index contributed by atoms with van der Waals surface area (Å²) in [5.41, 5.74) is 1.56. The van der Waals surface area contributed by atoms with Gasteiger partial charge in [0.1, 0.15) is 6.04 Å². The normalized spacial score (nSPS) is 20.7. The van der Waals surface area contributed by atoms with Gasteiger partial charge in [-0.3, -0.25) is 24.1 Å². The third-order valence-electron chi connectivity index (χ3n) is 5.82. The van der Waals surface area contributed by atoms with Crippen LogP contribution in [0, 0.1) is 0 Å². The van der Waals surface area contributed by atoms with E-state index < -0.39 is 23.9 Å². The standard InChI is InChI=1S/C25H24N2O5S/c1-3-20(33-15-21(28)32-2)26-19(14-13-16-9-5-4-6-10-16)22(25(26)31)27-23(29)17-11-7-8-12-18(17)24(27)30/h4-14,19-20,22H,3,15H2,1-2H3/t19-,20-,22+/m0/s1. The maximum Gasteiger partial charge on any atom is 0.315 e. The van der Waals surface area contributed by atoms with E-state index in [1.54, 1.807) is 29.2 Å². The van der Waals surface area contributed by atoms with Crippen molar-refractivity contribution in [3.63, 3.8) is 0 Å². The highest BCUT2D eigenvalue weighted by molar-refractivity contribution is 8.00. The summed E-state index contributed by atoms with van der Waals surface area (Å²) >= 11 is 1.31. The van der Waals surface area contributed by atoms with Crippen molar-refractivity contribution in [1.82, 2.24) is 9.80 Å². The lowest BCUT2D eigenvalue weighted by atomic mass is 9.91. The Balaban J connectivity index is 1.64. The molecule has 1 fully saturated rings. The molecule has 0 N–H and O–H groups in total. The second-order valence-electron chi connectivity index (χ2n) is 7.73. The van der Waals surface area contributed by atoms with Gasteiger partial charge in [0.2, 0.25) is 5.91 Å². The summed E-state index contributed by atoms with van der Waals surface area (Å²) in [7, 11) is 1.32. The van der Waals surface area contributed by atoms with Gasteiger partial charge in [-0.2, -0.15) is 0 Å². The maximum atomic E-state index is 13.3. The molecule has 0 aliphatic carbocycles. The van der Waals surface area contributed by atoms with Gasteiger partial charge in [-0.15, -0.1) is 11.8 Å². The quantitative estimate of drug-likeness (QED) is 0.339. The summed E-state index contributed by atoms with van der Waals surface area (Å²) in [6, 6.07) is 14.8. The van der Waals surface area contributed by atoms with Crippen LogP contribution in [0.1, 0.15) is 39.6 Å². The number of nitrogens with zero attached hydrogens (tertiary/aromatic N) is 2. The zero-order valence-electron chi connectivity index (χ0n) is 18.3. The molecule has 2 aliphatic rings. The summed E-state index contributed by atoms with van der Waals surface area (Å²) < 4.78 is 4.73. The largest absolute Gasteiger partial charge is 0.468 e. The SMILES string of the molecule is CC[C@H](SCC(=O)OC)N1C(=O)[C@H](N2C(=O)c3ccccc3C2=O)[C@@H]1C=Cc1ccccc1. The fourth-order valence-corrected chi connectivity index (χ4v) is 5.25. The molecule has 3 amide bonds. The van der Waals surface area contributed by atoms with Crippen molar-refractivity contribution in [2.75, 3.05) is 12.9 Å². The smallest absolute Gasteiger partial charge is 0.315 e. The predicted molar refractivity (Wildman–Crippen MR) is 125 cm³/mol. The van der Waals surface area contributed by atoms with Crippen LogP contribution < -0.4 is 0 Å². The molecule has 0 bridgehead atoms. The third-order valence-corrected chi connectivity index (χ3v) is 7.17. The van der Waals surface area contributed by atoms with Crippen molar-refractivity contribution < 1.29 is 23.9 Å². The summed E-state index contributed by atoms with van der Waals surface area (Å²) in [4.78, 5) is 53.8. The van der Waals surface area contributed by atoms with Gasteiger partial charge in [-0.25, -0.2) is 0 Å². The number of benzene rings is 2. The van der Waals surface area contributed by atoms with Gasteiger partial charge in [-0.05, 0) is 24.1 Å². The number of rotatable bonds is 8. The Morgan fingerprint density at radius 2 is 1.64 bits per heavy atom. The Morgan fingerprint density at radius 1 is 1.03 bits per heavy atom. The minimum Gasteiger partial charge on any atom is -0.468 e. The topological polar surface area (TPSA) is 84.0 Å². The number of thioether (sulfide) groups is 1. The molecule has 7 nitrogen and oxygen atoms in total. The maximum absolute atomic E-state index is 13.3. The highest BCUT2D eigenvalue weighted by Gasteiger charge is 2.56. The molecule has 33 heavy (non-hydrogen) atoms. The Bertz CT molecular complexity index is 1080. The van der Waals surface area contributed by atoms with Crippen molar-refractivity contribution in [1.29, 1.82) is 0 Å². The minimum atomic E-state index is -0.926. The molecule has 2 aromatic rings. The van der Waals surface area contributed by atoms with Gasteiger partial charge in [-0.1, -0.05) is 61.5 Å². The van der Waals surface area contributed by atoms with Crippen LogP contribution in [0.3, 0.4) is 0 Å². The first-order valence-electron chi connectivity index (χ1n) is 10.7. The molecular weight excluding hydrogens is 440 g/mol. The summed E-state index contributed by atoms with van der Waals surface area (Å²) in [6.45, 7) is 1.93.